The Morgan fingerprint density at radius 3 is 2.86 bits per heavy atom. The quantitative estimate of drug-likeness (QED) is 0.779. The third-order valence-corrected chi connectivity index (χ3v) is 4.03. The highest BCUT2D eigenvalue weighted by atomic mass is 16.2. The first-order valence-electron chi connectivity index (χ1n) is 7.70. The number of urea groups is 1. The summed E-state index contributed by atoms with van der Waals surface area (Å²) in [5.74, 6) is 0.437. The average molecular weight is 290 g/mol. The molecule has 0 radical (unpaired) electrons. The lowest BCUT2D eigenvalue weighted by atomic mass is 10.0. The minimum absolute atomic E-state index is 0.0438. The summed E-state index contributed by atoms with van der Waals surface area (Å²) < 4.78 is 0. The molecule has 3 N–H and O–H groups in total. The molecule has 0 aliphatic carbocycles. The second-order valence-electron chi connectivity index (χ2n) is 5.79. The van der Waals surface area contributed by atoms with E-state index in [4.69, 9.17) is 0 Å². The number of carbonyl (C=O) groups excluding carboxylic acids is 1. The van der Waals surface area contributed by atoms with Crippen LogP contribution in [0.5, 0.6) is 0 Å². The summed E-state index contributed by atoms with van der Waals surface area (Å²) in [6.45, 7) is 5.91. The average Bonchev–Trinajstić information content (AvgIpc) is 2.86. The van der Waals surface area contributed by atoms with Gasteiger partial charge in [-0.15, -0.1) is 0 Å². The van der Waals surface area contributed by atoms with Crippen LogP contribution < -0.4 is 16.2 Å². The van der Waals surface area contributed by atoms with Crippen molar-refractivity contribution in [3.8, 4) is 0 Å². The number of nitrogens with zero attached hydrogens (tertiary/aromatic N) is 1. The molecule has 21 heavy (non-hydrogen) atoms. The summed E-state index contributed by atoms with van der Waals surface area (Å²) in [5, 5.41) is 3.03. The molecule has 1 saturated heterocycles. The van der Waals surface area contributed by atoms with Gasteiger partial charge in [0.1, 0.15) is 0 Å². The van der Waals surface area contributed by atoms with Gasteiger partial charge in [-0.3, -0.25) is 10.9 Å². The Labute approximate surface area is 127 Å². The van der Waals surface area contributed by atoms with Crippen molar-refractivity contribution >= 4 is 11.7 Å². The third-order valence-electron chi connectivity index (χ3n) is 4.03. The molecule has 0 bridgehead atoms. The summed E-state index contributed by atoms with van der Waals surface area (Å²) in [4.78, 5) is 14.1. The van der Waals surface area contributed by atoms with Gasteiger partial charge in [-0.2, -0.15) is 0 Å². The maximum absolute atomic E-state index is 12.3. The number of hydrogen-bond acceptors (Lipinski definition) is 3. The van der Waals surface area contributed by atoms with Gasteiger partial charge in [-0.1, -0.05) is 31.5 Å². The predicted molar refractivity (Wildman–Crippen MR) is 86.2 cm³/mol. The highest BCUT2D eigenvalue weighted by Gasteiger charge is 2.25. The summed E-state index contributed by atoms with van der Waals surface area (Å²) >= 11 is 0. The fraction of sp³-hybridized carbons (Fsp3) is 0.562. The van der Waals surface area contributed by atoms with Gasteiger partial charge < -0.3 is 10.2 Å². The van der Waals surface area contributed by atoms with Crippen molar-refractivity contribution in [1.29, 1.82) is 0 Å². The van der Waals surface area contributed by atoms with Gasteiger partial charge in [0.05, 0.1) is 0 Å². The lowest BCUT2D eigenvalue weighted by Gasteiger charge is -2.23. The van der Waals surface area contributed by atoms with Crippen molar-refractivity contribution in [1.82, 2.24) is 15.8 Å². The van der Waals surface area contributed by atoms with E-state index in [-0.39, 0.29) is 6.03 Å². The second-order valence-corrected chi connectivity index (χ2v) is 5.79. The zero-order chi connectivity index (χ0) is 15.2. The van der Waals surface area contributed by atoms with Gasteiger partial charge in [0.15, 0.2) is 0 Å². The van der Waals surface area contributed by atoms with E-state index < -0.39 is 0 Å². The number of amides is 2. The van der Waals surface area contributed by atoms with Crippen LogP contribution >= 0.6 is 0 Å². The lowest BCUT2D eigenvalue weighted by molar-refractivity contribution is 0.213. The van der Waals surface area contributed by atoms with Crippen molar-refractivity contribution in [2.24, 2.45) is 5.92 Å². The van der Waals surface area contributed by atoms with Crippen LogP contribution in [0.1, 0.15) is 25.8 Å². The number of rotatable bonds is 5. The molecule has 2 atom stereocenters. The minimum Gasteiger partial charge on any atom is -0.327 e. The summed E-state index contributed by atoms with van der Waals surface area (Å²) in [7, 11) is 1.85. The largest absolute Gasteiger partial charge is 0.327 e. The van der Waals surface area contributed by atoms with Crippen LogP contribution in [0.2, 0.25) is 0 Å². The number of nitrogens with one attached hydrogen (secondary N) is 3. The molecule has 1 aromatic rings. The Kier molecular flexibility index (Phi) is 5.59. The number of hydrazine groups is 1. The Balaban J connectivity index is 1.94. The molecule has 5 heteroatoms. The Morgan fingerprint density at radius 2 is 2.19 bits per heavy atom. The zero-order valence-electron chi connectivity index (χ0n) is 13.1. The Hall–Kier alpha value is -1.59. The van der Waals surface area contributed by atoms with E-state index in [1.54, 1.807) is 4.90 Å². The van der Waals surface area contributed by atoms with E-state index in [1.165, 1.54) is 5.56 Å². The summed E-state index contributed by atoms with van der Waals surface area (Å²) in [5.41, 5.74) is 8.43. The maximum atomic E-state index is 12.3. The number of benzene rings is 1. The number of aryl methyl sites for hydroxylation is 1. The fourth-order valence-corrected chi connectivity index (χ4v) is 2.64. The number of anilines is 1. The standard InChI is InChI=1S/C16H26N4O/c1-4-7-13-8-5-6-9-15(13)18-16(21)20(3)11-14-10-17-19-12(14)2/h5-6,8-9,12,14,17,19H,4,7,10-11H2,1-3H3,(H,18,21). The molecule has 1 aliphatic rings. The molecule has 2 rings (SSSR count). The molecule has 5 nitrogen and oxygen atoms in total. The van der Waals surface area contributed by atoms with Crippen molar-refractivity contribution in [3.05, 3.63) is 29.8 Å². The van der Waals surface area contributed by atoms with Gasteiger partial charge in [-0.25, -0.2) is 4.79 Å². The van der Waals surface area contributed by atoms with Crippen LogP contribution in [0.25, 0.3) is 0 Å². The smallest absolute Gasteiger partial charge is 0.321 e. The molecule has 0 saturated carbocycles. The minimum atomic E-state index is -0.0438. The Bertz CT molecular complexity index is 477. The predicted octanol–water partition coefficient (Wildman–Crippen LogP) is 2.22. The molecule has 116 valence electrons. The molecular weight excluding hydrogens is 264 g/mol. The molecule has 1 fully saturated rings. The van der Waals surface area contributed by atoms with E-state index in [1.807, 2.05) is 25.2 Å². The van der Waals surface area contributed by atoms with Crippen LogP contribution in [-0.4, -0.2) is 37.1 Å². The number of para-hydroxylation sites is 1. The van der Waals surface area contributed by atoms with Crippen LogP contribution in [0.3, 0.4) is 0 Å². The maximum Gasteiger partial charge on any atom is 0.321 e. The van der Waals surface area contributed by atoms with Gasteiger partial charge in [0, 0.05) is 37.8 Å². The molecule has 1 aromatic carbocycles. The van der Waals surface area contributed by atoms with Crippen molar-refractivity contribution in [3.63, 3.8) is 0 Å². The molecule has 1 aliphatic heterocycles. The van der Waals surface area contributed by atoms with E-state index in [9.17, 15) is 4.79 Å². The number of hydrogen-bond donors (Lipinski definition) is 3. The fourth-order valence-electron chi connectivity index (χ4n) is 2.64. The molecular formula is C16H26N4O. The summed E-state index contributed by atoms with van der Waals surface area (Å²) in [6.07, 6.45) is 2.05. The van der Waals surface area contributed by atoms with Gasteiger partial charge in [0.25, 0.3) is 0 Å². The van der Waals surface area contributed by atoms with E-state index >= 15 is 0 Å². The van der Waals surface area contributed by atoms with Crippen LogP contribution in [0.15, 0.2) is 24.3 Å². The zero-order valence-corrected chi connectivity index (χ0v) is 13.1. The highest BCUT2D eigenvalue weighted by molar-refractivity contribution is 5.90. The van der Waals surface area contributed by atoms with E-state index in [2.05, 4.69) is 36.1 Å². The molecule has 2 amide bonds. The molecule has 0 spiro atoms. The van der Waals surface area contributed by atoms with Crippen LogP contribution in [-0.2, 0) is 6.42 Å². The Morgan fingerprint density at radius 1 is 1.43 bits per heavy atom. The van der Waals surface area contributed by atoms with Gasteiger partial charge in [0.2, 0.25) is 0 Å². The SMILES string of the molecule is CCCc1ccccc1NC(=O)N(C)CC1CNNC1C. The normalized spacial score (nSPS) is 21.3. The van der Waals surface area contributed by atoms with E-state index in [0.29, 0.717) is 12.0 Å². The van der Waals surface area contributed by atoms with Crippen molar-refractivity contribution < 1.29 is 4.79 Å². The topological polar surface area (TPSA) is 56.4 Å². The third kappa shape index (κ3) is 4.19. The van der Waals surface area contributed by atoms with E-state index in [0.717, 1.165) is 31.6 Å². The van der Waals surface area contributed by atoms with Crippen molar-refractivity contribution in [2.75, 3.05) is 25.5 Å². The lowest BCUT2D eigenvalue weighted by Crippen LogP contribution is -2.39. The molecule has 1 heterocycles. The first-order chi connectivity index (χ1) is 10.1. The molecule has 2 unspecified atom stereocenters. The molecule has 0 aromatic heterocycles. The monoisotopic (exact) mass is 290 g/mol. The van der Waals surface area contributed by atoms with Gasteiger partial charge in [-0.05, 0) is 25.0 Å². The first-order valence-corrected chi connectivity index (χ1v) is 7.70. The van der Waals surface area contributed by atoms with Gasteiger partial charge >= 0.3 is 6.03 Å². The first kappa shape index (κ1) is 15.8. The highest BCUT2D eigenvalue weighted by Crippen LogP contribution is 2.17. The van der Waals surface area contributed by atoms with Crippen LogP contribution in [0.4, 0.5) is 10.5 Å². The summed E-state index contributed by atoms with van der Waals surface area (Å²) in [6, 6.07) is 8.36. The van der Waals surface area contributed by atoms with Crippen LogP contribution in [0, 0.1) is 5.92 Å². The van der Waals surface area contributed by atoms with Crippen molar-refractivity contribution in [2.45, 2.75) is 32.7 Å². The number of carbonyl (C=O) groups is 1. The second kappa shape index (κ2) is 7.43.